The number of nitrogens with one attached hydrogen (secondary N) is 1. The number of piperazine rings is 1. The predicted molar refractivity (Wildman–Crippen MR) is 117 cm³/mol. The van der Waals surface area contributed by atoms with Gasteiger partial charge >= 0.3 is 0 Å². The van der Waals surface area contributed by atoms with Crippen LogP contribution in [0.2, 0.25) is 0 Å². The lowest BCUT2D eigenvalue weighted by atomic mass is 10.2. The van der Waals surface area contributed by atoms with Crippen molar-refractivity contribution in [3.8, 4) is 0 Å². The molecule has 0 bridgehead atoms. The Hall–Kier alpha value is -0.940. The predicted octanol–water partition coefficient (Wildman–Crippen LogP) is 2.60. The molecule has 1 amide bonds. The van der Waals surface area contributed by atoms with Crippen LogP contribution in [0.25, 0.3) is 0 Å². The van der Waals surface area contributed by atoms with Crippen molar-refractivity contribution in [2.24, 2.45) is 4.99 Å². The second kappa shape index (κ2) is 10.6. The third kappa shape index (κ3) is 5.77. The first kappa shape index (κ1) is 22.4. The van der Waals surface area contributed by atoms with Crippen LogP contribution < -0.4 is 5.32 Å². The highest BCUT2D eigenvalue weighted by Gasteiger charge is 2.30. The molecule has 2 fully saturated rings. The third-order valence-corrected chi connectivity index (χ3v) is 5.25. The summed E-state index contributed by atoms with van der Waals surface area (Å²) in [5.74, 6) is 0.568. The maximum atomic E-state index is 13.9. The minimum absolute atomic E-state index is 0. The van der Waals surface area contributed by atoms with Gasteiger partial charge in [0, 0.05) is 56.4 Å². The van der Waals surface area contributed by atoms with E-state index in [2.05, 4.69) is 31.1 Å². The number of rotatable bonds is 3. The van der Waals surface area contributed by atoms with Crippen molar-refractivity contribution >= 4 is 51.8 Å². The zero-order valence-corrected chi connectivity index (χ0v) is 19.2. The van der Waals surface area contributed by atoms with Crippen LogP contribution in [0.4, 0.5) is 4.39 Å². The molecule has 0 aliphatic carbocycles. The third-order valence-electron chi connectivity index (χ3n) is 4.75. The first-order valence-electron chi connectivity index (χ1n) is 8.88. The summed E-state index contributed by atoms with van der Waals surface area (Å²) >= 11 is 3.36. The highest BCUT2D eigenvalue weighted by atomic mass is 127. The van der Waals surface area contributed by atoms with Gasteiger partial charge in [-0.15, -0.1) is 24.0 Å². The SMILES string of the molecule is CN=C(NCc1cc(Br)ccc1F)N1CCN(C(=O)C2CCCO2)CC1.I. The second-order valence-electron chi connectivity index (χ2n) is 6.45. The molecular formula is C18H25BrFIN4O2. The number of carbonyl (C=O) groups excluding carboxylic acids is 1. The van der Waals surface area contributed by atoms with Crippen LogP contribution in [0.3, 0.4) is 0 Å². The molecule has 2 aliphatic heterocycles. The number of carbonyl (C=O) groups is 1. The van der Waals surface area contributed by atoms with E-state index in [1.165, 1.54) is 6.07 Å². The number of amides is 1. The van der Waals surface area contributed by atoms with Crippen LogP contribution >= 0.6 is 39.9 Å². The molecule has 27 heavy (non-hydrogen) atoms. The van der Waals surface area contributed by atoms with E-state index in [0.717, 1.165) is 17.3 Å². The summed E-state index contributed by atoms with van der Waals surface area (Å²) in [6.45, 7) is 3.71. The molecule has 1 N–H and O–H groups in total. The monoisotopic (exact) mass is 554 g/mol. The fraction of sp³-hybridized carbons (Fsp3) is 0.556. The van der Waals surface area contributed by atoms with Crippen molar-refractivity contribution < 1.29 is 13.9 Å². The first-order chi connectivity index (χ1) is 12.6. The van der Waals surface area contributed by atoms with Crippen molar-refractivity contribution in [3.05, 3.63) is 34.1 Å². The lowest BCUT2D eigenvalue weighted by Gasteiger charge is -2.37. The van der Waals surface area contributed by atoms with Gasteiger partial charge in [-0.2, -0.15) is 0 Å². The van der Waals surface area contributed by atoms with Gasteiger partial charge in [0.2, 0.25) is 0 Å². The van der Waals surface area contributed by atoms with E-state index in [1.54, 1.807) is 19.2 Å². The Morgan fingerprint density at radius 3 is 2.67 bits per heavy atom. The fourth-order valence-electron chi connectivity index (χ4n) is 3.30. The van der Waals surface area contributed by atoms with Crippen molar-refractivity contribution in [1.29, 1.82) is 0 Å². The number of benzene rings is 1. The summed E-state index contributed by atoms with van der Waals surface area (Å²) in [6.07, 6.45) is 1.51. The Bertz CT molecular complexity index is 677. The number of aliphatic imine (C=N–C) groups is 1. The van der Waals surface area contributed by atoms with Crippen LogP contribution in [0, 0.1) is 5.82 Å². The smallest absolute Gasteiger partial charge is 0.251 e. The van der Waals surface area contributed by atoms with Gasteiger partial charge < -0.3 is 19.9 Å². The summed E-state index contributed by atoms with van der Waals surface area (Å²) in [7, 11) is 1.71. The first-order valence-corrected chi connectivity index (χ1v) is 9.67. The van der Waals surface area contributed by atoms with E-state index in [1.807, 2.05) is 4.90 Å². The van der Waals surface area contributed by atoms with Crippen molar-refractivity contribution in [2.75, 3.05) is 39.8 Å². The molecule has 2 heterocycles. The maximum absolute atomic E-state index is 13.9. The van der Waals surface area contributed by atoms with Crippen molar-refractivity contribution in [3.63, 3.8) is 0 Å². The minimum atomic E-state index is -0.265. The van der Waals surface area contributed by atoms with Crippen LogP contribution in [-0.4, -0.2) is 67.6 Å². The molecule has 0 saturated carbocycles. The topological polar surface area (TPSA) is 57.2 Å². The van der Waals surface area contributed by atoms with Gasteiger partial charge in [-0.1, -0.05) is 15.9 Å². The van der Waals surface area contributed by atoms with Gasteiger partial charge in [0.15, 0.2) is 5.96 Å². The number of hydrogen-bond donors (Lipinski definition) is 1. The normalized spacial score (nSPS) is 20.4. The minimum Gasteiger partial charge on any atom is -0.368 e. The van der Waals surface area contributed by atoms with E-state index >= 15 is 0 Å². The Kier molecular flexibility index (Phi) is 8.74. The van der Waals surface area contributed by atoms with E-state index in [9.17, 15) is 9.18 Å². The molecular weight excluding hydrogens is 530 g/mol. The molecule has 1 aromatic carbocycles. The molecule has 1 atom stereocenters. The van der Waals surface area contributed by atoms with Gasteiger partial charge in [0.1, 0.15) is 11.9 Å². The molecule has 6 nitrogen and oxygen atoms in total. The van der Waals surface area contributed by atoms with E-state index < -0.39 is 0 Å². The van der Waals surface area contributed by atoms with Gasteiger partial charge in [-0.05, 0) is 31.0 Å². The van der Waals surface area contributed by atoms with Crippen LogP contribution in [0.5, 0.6) is 0 Å². The quantitative estimate of drug-likeness (QED) is 0.354. The number of halogens is 3. The van der Waals surface area contributed by atoms with E-state index in [-0.39, 0.29) is 41.8 Å². The Morgan fingerprint density at radius 2 is 2.04 bits per heavy atom. The fourth-order valence-corrected chi connectivity index (χ4v) is 3.71. The molecule has 1 unspecified atom stereocenters. The molecule has 2 saturated heterocycles. The van der Waals surface area contributed by atoms with Crippen molar-refractivity contribution in [1.82, 2.24) is 15.1 Å². The molecule has 1 aromatic rings. The lowest BCUT2D eigenvalue weighted by molar-refractivity contribution is -0.142. The number of hydrogen-bond acceptors (Lipinski definition) is 3. The maximum Gasteiger partial charge on any atom is 0.251 e. The molecule has 0 aromatic heterocycles. The zero-order valence-electron chi connectivity index (χ0n) is 15.3. The molecule has 0 spiro atoms. The Morgan fingerprint density at radius 1 is 1.33 bits per heavy atom. The summed E-state index contributed by atoms with van der Waals surface area (Å²) in [5.41, 5.74) is 0.577. The summed E-state index contributed by atoms with van der Waals surface area (Å²) in [6, 6.07) is 4.88. The average molecular weight is 555 g/mol. The summed E-state index contributed by atoms with van der Waals surface area (Å²) in [4.78, 5) is 20.7. The molecule has 150 valence electrons. The van der Waals surface area contributed by atoms with E-state index in [0.29, 0.717) is 50.9 Å². The molecule has 2 aliphatic rings. The second-order valence-corrected chi connectivity index (χ2v) is 7.37. The van der Waals surface area contributed by atoms with Gasteiger partial charge in [0.25, 0.3) is 5.91 Å². The number of ether oxygens (including phenoxy) is 1. The van der Waals surface area contributed by atoms with Gasteiger partial charge in [-0.3, -0.25) is 9.79 Å². The Labute approximate surface area is 184 Å². The molecule has 0 radical (unpaired) electrons. The van der Waals surface area contributed by atoms with Crippen molar-refractivity contribution in [2.45, 2.75) is 25.5 Å². The highest BCUT2D eigenvalue weighted by molar-refractivity contribution is 14.0. The largest absolute Gasteiger partial charge is 0.368 e. The van der Waals surface area contributed by atoms with E-state index in [4.69, 9.17) is 4.74 Å². The zero-order chi connectivity index (χ0) is 18.5. The van der Waals surface area contributed by atoms with Crippen LogP contribution in [-0.2, 0) is 16.1 Å². The average Bonchev–Trinajstić information content (AvgIpc) is 3.19. The van der Waals surface area contributed by atoms with Crippen LogP contribution in [0.15, 0.2) is 27.7 Å². The number of guanidine groups is 1. The highest BCUT2D eigenvalue weighted by Crippen LogP contribution is 2.17. The van der Waals surface area contributed by atoms with Gasteiger partial charge in [0.05, 0.1) is 0 Å². The molecule has 9 heteroatoms. The lowest BCUT2D eigenvalue weighted by Crippen LogP contribution is -2.55. The molecule has 3 rings (SSSR count). The van der Waals surface area contributed by atoms with Gasteiger partial charge in [-0.25, -0.2) is 4.39 Å². The Balaban J connectivity index is 0.00000261. The summed E-state index contributed by atoms with van der Waals surface area (Å²) in [5, 5.41) is 3.21. The summed E-state index contributed by atoms with van der Waals surface area (Å²) < 4.78 is 20.2. The van der Waals surface area contributed by atoms with Crippen LogP contribution in [0.1, 0.15) is 18.4 Å². The standard InChI is InChI=1S/C18H24BrFN4O2.HI/c1-21-18(22-12-13-11-14(19)4-5-15(13)20)24-8-6-23(7-9-24)17(25)16-3-2-10-26-16;/h4-5,11,16H,2-3,6-10,12H2,1H3,(H,21,22);1H. The number of nitrogens with zero attached hydrogens (tertiary/aromatic N) is 3.